The molecule has 21 heavy (non-hydrogen) atoms. The Kier molecular flexibility index (Phi) is 5.38. The molecule has 1 fully saturated rings. The third-order valence-corrected chi connectivity index (χ3v) is 5.23. The molecule has 0 unspecified atom stereocenters. The van der Waals surface area contributed by atoms with Gasteiger partial charge in [-0.3, -0.25) is 4.79 Å². The fourth-order valence-electron chi connectivity index (χ4n) is 1.71. The van der Waals surface area contributed by atoms with E-state index in [0.29, 0.717) is 6.54 Å². The van der Waals surface area contributed by atoms with Crippen LogP contribution in [0.5, 0.6) is 0 Å². The average Bonchev–Trinajstić information content (AvgIpc) is 3.15. The summed E-state index contributed by atoms with van der Waals surface area (Å²) in [5, 5.41) is 2.76. The van der Waals surface area contributed by atoms with Crippen LogP contribution in [0.2, 0.25) is 0 Å². The van der Waals surface area contributed by atoms with Crippen molar-refractivity contribution in [2.75, 3.05) is 14.1 Å². The van der Waals surface area contributed by atoms with Crippen molar-refractivity contribution in [3.63, 3.8) is 0 Å². The van der Waals surface area contributed by atoms with E-state index in [0.717, 1.165) is 22.7 Å². The molecule has 1 amide bonds. The maximum absolute atomic E-state index is 11.9. The minimum absolute atomic E-state index is 0. The Morgan fingerprint density at radius 2 is 1.81 bits per heavy atom. The van der Waals surface area contributed by atoms with E-state index in [9.17, 15) is 13.2 Å². The molecule has 0 saturated heterocycles. The highest BCUT2D eigenvalue weighted by atomic mass is 35.5. The van der Waals surface area contributed by atoms with Gasteiger partial charge in [0.05, 0.1) is 10.4 Å². The lowest BCUT2D eigenvalue weighted by Gasteiger charge is -2.12. The topological polar surface area (TPSA) is 92.5 Å². The van der Waals surface area contributed by atoms with Gasteiger partial charge < -0.3 is 11.1 Å². The first-order valence-electron chi connectivity index (χ1n) is 6.34. The van der Waals surface area contributed by atoms with Crippen LogP contribution in [0.15, 0.2) is 29.2 Å². The summed E-state index contributed by atoms with van der Waals surface area (Å²) in [5.41, 5.74) is 5.92. The van der Waals surface area contributed by atoms with E-state index in [1.165, 1.54) is 26.2 Å². The molecule has 0 aromatic heterocycles. The maximum Gasteiger partial charge on any atom is 0.242 e. The van der Waals surface area contributed by atoms with Crippen LogP contribution in [0.3, 0.4) is 0 Å². The number of nitrogens with two attached hydrogens (primary N) is 1. The van der Waals surface area contributed by atoms with Crippen LogP contribution < -0.4 is 11.1 Å². The molecule has 0 aliphatic heterocycles. The Hall–Kier alpha value is -1.15. The second kappa shape index (κ2) is 6.31. The summed E-state index contributed by atoms with van der Waals surface area (Å²) in [6, 6.07) is 6.44. The zero-order valence-electron chi connectivity index (χ0n) is 12.0. The Morgan fingerprint density at radius 3 is 2.24 bits per heavy atom. The molecule has 6 nitrogen and oxygen atoms in total. The highest BCUT2D eigenvalue weighted by Crippen LogP contribution is 2.32. The van der Waals surface area contributed by atoms with E-state index in [2.05, 4.69) is 5.32 Å². The second-order valence-corrected chi connectivity index (χ2v) is 7.42. The lowest BCUT2D eigenvalue weighted by atomic mass is 10.2. The van der Waals surface area contributed by atoms with Crippen LogP contribution in [0.4, 0.5) is 0 Å². The molecule has 1 aliphatic rings. The molecular formula is C13H20ClN3O3S. The molecule has 1 aromatic rings. The first-order chi connectivity index (χ1) is 9.25. The third kappa shape index (κ3) is 3.94. The summed E-state index contributed by atoms with van der Waals surface area (Å²) in [4.78, 5) is 11.9. The van der Waals surface area contributed by atoms with Crippen LogP contribution in [0, 0.1) is 0 Å². The maximum atomic E-state index is 11.9. The average molecular weight is 334 g/mol. The molecule has 1 saturated carbocycles. The van der Waals surface area contributed by atoms with Gasteiger partial charge in [0, 0.05) is 20.6 Å². The van der Waals surface area contributed by atoms with Crippen molar-refractivity contribution in [3.8, 4) is 0 Å². The van der Waals surface area contributed by atoms with Crippen molar-refractivity contribution >= 4 is 28.3 Å². The lowest BCUT2D eigenvalue weighted by molar-refractivity contribution is -0.123. The normalized spacial score (nSPS) is 16.2. The van der Waals surface area contributed by atoms with E-state index >= 15 is 0 Å². The highest BCUT2D eigenvalue weighted by Gasteiger charge is 2.45. The lowest BCUT2D eigenvalue weighted by Crippen LogP contribution is -2.42. The second-order valence-electron chi connectivity index (χ2n) is 5.27. The predicted molar refractivity (Wildman–Crippen MR) is 82.6 cm³/mol. The summed E-state index contributed by atoms with van der Waals surface area (Å²) in [7, 11) is -0.440. The molecule has 2 rings (SSSR count). The Labute approximate surface area is 131 Å². The number of nitrogens with zero attached hydrogens (tertiary/aromatic N) is 1. The van der Waals surface area contributed by atoms with Gasteiger partial charge in [-0.05, 0) is 30.5 Å². The number of hydrogen-bond donors (Lipinski definition) is 2. The number of rotatable bonds is 5. The molecule has 3 N–H and O–H groups in total. The van der Waals surface area contributed by atoms with Gasteiger partial charge in [0.15, 0.2) is 0 Å². The molecule has 0 spiro atoms. The summed E-state index contributed by atoms with van der Waals surface area (Å²) < 4.78 is 24.9. The quantitative estimate of drug-likeness (QED) is 0.819. The van der Waals surface area contributed by atoms with Gasteiger partial charge in [0.25, 0.3) is 0 Å². The van der Waals surface area contributed by atoms with E-state index in [1.807, 2.05) is 0 Å². The minimum atomic E-state index is -3.41. The van der Waals surface area contributed by atoms with Crippen molar-refractivity contribution < 1.29 is 13.2 Å². The first kappa shape index (κ1) is 17.9. The summed E-state index contributed by atoms with van der Waals surface area (Å²) in [5.74, 6) is -0.150. The Morgan fingerprint density at radius 1 is 1.29 bits per heavy atom. The van der Waals surface area contributed by atoms with Crippen LogP contribution in [-0.2, 0) is 21.4 Å². The van der Waals surface area contributed by atoms with E-state index in [4.69, 9.17) is 5.73 Å². The highest BCUT2D eigenvalue weighted by molar-refractivity contribution is 7.89. The zero-order valence-corrected chi connectivity index (χ0v) is 13.6. The fraction of sp³-hybridized carbons (Fsp3) is 0.462. The van der Waals surface area contributed by atoms with Crippen molar-refractivity contribution in [3.05, 3.63) is 29.8 Å². The molecule has 1 aromatic carbocycles. The van der Waals surface area contributed by atoms with Gasteiger partial charge in [0.2, 0.25) is 15.9 Å². The monoisotopic (exact) mass is 333 g/mol. The fourth-order valence-corrected chi connectivity index (χ4v) is 2.61. The van der Waals surface area contributed by atoms with Crippen LogP contribution in [0.1, 0.15) is 18.4 Å². The van der Waals surface area contributed by atoms with Gasteiger partial charge >= 0.3 is 0 Å². The zero-order chi connectivity index (χ0) is 15.0. The van der Waals surface area contributed by atoms with Crippen molar-refractivity contribution in [1.82, 2.24) is 9.62 Å². The standard InChI is InChI=1S/C13H19N3O3S.ClH/c1-16(2)20(18,19)11-5-3-10(4-6-11)9-15-12(17)13(14)7-8-13;/h3-6H,7-9,14H2,1-2H3,(H,15,17);1H. The number of carbonyl (C=O) groups excluding carboxylic acids is 1. The summed E-state index contributed by atoms with van der Waals surface area (Å²) in [6.45, 7) is 0.347. The number of halogens is 1. The summed E-state index contributed by atoms with van der Waals surface area (Å²) in [6.07, 6.45) is 1.44. The van der Waals surface area contributed by atoms with E-state index in [1.54, 1.807) is 12.1 Å². The number of hydrogen-bond acceptors (Lipinski definition) is 4. The van der Waals surface area contributed by atoms with Gasteiger partial charge in [0.1, 0.15) is 0 Å². The Balaban J connectivity index is 0.00000220. The number of benzene rings is 1. The molecular weight excluding hydrogens is 314 g/mol. The summed E-state index contributed by atoms with van der Waals surface area (Å²) >= 11 is 0. The SMILES string of the molecule is CN(C)S(=O)(=O)c1ccc(CNC(=O)C2(N)CC2)cc1.Cl. The molecule has 0 heterocycles. The number of carbonyl (C=O) groups is 1. The largest absolute Gasteiger partial charge is 0.350 e. The van der Waals surface area contributed by atoms with Gasteiger partial charge in [-0.2, -0.15) is 0 Å². The molecule has 0 bridgehead atoms. The van der Waals surface area contributed by atoms with Crippen LogP contribution >= 0.6 is 12.4 Å². The van der Waals surface area contributed by atoms with Crippen LogP contribution in [-0.4, -0.2) is 38.3 Å². The molecule has 118 valence electrons. The van der Waals surface area contributed by atoms with Crippen LogP contribution in [0.25, 0.3) is 0 Å². The van der Waals surface area contributed by atoms with Crippen molar-refractivity contribution in [2.24, 2.45) is 5.73 Å². The molecule has 0 atom stereocenters. The predicted octanol–water partition coefficient (Wildman–Crippen LogP) is 0.466. The van der Waals surface area contributed by atoms with E-state index < -0.39 is 15.6 Å². The van der Waals surface area contributed by atoms with Gasteiger partial charge in [-0.1, -0.05) is 12.1 Å². The minimum Gasteiger partial charge on any atom is -0.350 e. The number of sulfonamides is 1. The van der Waals surface area contributed by atoms with E-state index in [-0.39, 0.29) is 23.2 Å². The molecule has 0 radical (unpaired) electrons. The van der Waals surface area contributed by atoms with Gasteiger partial charge in [-0.25, -0.2) is 12.7 Å². The molecule has 8 heteroatoms. The van der Waals surface area contributed by atoms with Crippen molar-refractivity contribution in [1.29, 1.82) is 0 Å². The molecule has 1 aliphatic carbocycles. The Bertz CT molecular complexity index is 610. The first-order valence-corrected chi connectivity index (χ1v) is 7.78. The smallest absolute Gasteiger partial charge is 0.242 e. The van der Waals surface area contributed by atoms with Gasteiger partial charge in [-0.15, -0.1) is 12.4 Å². The van der Waals surface area contributed by atoms with Crippen molar-refractivity contribution in [2.45, 2.75) is 29.8 Å². The third-order valence-electron chi connectivity index (χ3n) is 3.40. The number of amides is 1. The number of nitrogens with one attached hydrogen (secondary N) is 1.